The van der Waals surface area contributed by atoms with E-state index in [2.05, 4.69) is 24.1 Å². The average Bonchev–Trinajstić information content (AvgIpc) is 3.25. The minimum Gasteiger partial charge on any atom is -0.375 e. The van der Waals surface area contributed by atoms with Gasteiger partial charge in [0.05, 0.1) is 18.8 Å². The van der Waals surface area contributed by atoms with Crippen LogP contribution in [0, 0.1) is 5.92 Å². The Balaban J connectivity index is 0.00000169. The zero-order valence-corrected chi connectivity index (χ0v) is 18.0. The van der Waals surface area contributed by atoms with Crippen molar-refractivity contribution in [3.63, 3.8) is 0 Å². The number of likely N-dealkylation sites (tertiary alicyclic amines) is 1. The van der Waals surface area contributed by atoms with Crippen LogP contribution in [0.2, 0.25) is 0 Å². The quantitative estimate of drug-likeness (QED) is 0.701. The standard InChI is InChI=1S/C19H35N3O2.2ClH/c1-3-21(4-2)11-12-24-16-9-10-22(14-16)19(23)18-13-15-7-5-6-8-17(15)20-18;;/h15-18,20H,3-14H2,1-2H3;2*1H. The number of hydrogen-bond donors (Lipinski definition) is 1. The van der Waals surface area contributed by atoms with Crippen LogP contribution in [0.3, 0.4) is 0 Å². The molecule has 0 spiro atoms. The maximum absolute atomic E-state index is 12.8. The summed E-state index contributed by atoms with van der Waals surface area (Å²) in [5, 5.41) is 3.62. The van der Waals surface area contributed by atoms with Gasteiger partial charge >= 0.3 is 0 Å². The van der Waals surface area contributed by atoms with Crippen LogP contribution in [0.1, 0.15) is 52.4 Å². The molecule has 4 atom stereocenters. The van der Waals surface area contributed by atoms with Gasteiger partial charge in [-0.15, -0.1) is 24.8 Å². The molecule has 4 unspecified atom stereocenters. The minimum absolute atomic E-state index is 0. The third kappa shape index (κ3) is 5.96. The van der Waals surface area contributed by atoms with E-state index in [0.29, 0.717) is 11.9 Å². The first-order chi connectivity index (χ1) is 11.7. The zero-order chi connectivity index (χ0) is 16.9. The molecule has 0 aromatic heterocycles. The normalized spacial score (nSPS) is 30.7. The van der Waals surface area contributed by atoms with Crippen molar-refractivity contribution in [2.75, 3.05) is 39.3 Å². The third-order valence-electron chi connectivity index (χ3n) is 6.27. The van der Waals surface area contributed by atoms with E-state index in [1.54, 1.807) is 0 Å². The van der Waals surface area contributed by atoms with Gasteiger partial charge < -0.3 is 19.9 Å². The highest BCUT2D eigenvalue weighted by Crippen LogP contribution is 2.34. The van der Waals surface area contributed by atoms with Crippen LogP contribution >= 0.6 is 24.8 Å². The molecule has 1 amide bonds. The molecule has 3 rings (SSSR count). The SMILES string of the molecule is CCN(CC)CCOC1CCN(C(=O)C2CC3CCCCC3N2)C1.Cl.Cl. The lowest BCUT2D eigenvalue weighted by atomic mass is 9.85. The molecular weight excluding hydrogens is 373 g/mol. The summed E-state index contributed by atoms with van der Waals surface area (Å²) in [4.78, 5) is 17.2. The second-order valence-corrected chi connectivity index (χ2v) is 7.70. The van der Waals surface area contributed by atoms with Crippen LogP contribution in [0.4, 0.5) is 0 Å². The van der Waals surface area contributed by atoms with Gasteiger partial charge in [0.1, 0.15) is 0 Å². The fourth-order valence-electron chi connectivity index (χ4n) is 4.68. The minimum atomic E-state index is 0. The first kappa shape index (κ1) is 24.0. The van der Waals surface area contributed by atoms with Crippen molar-refractivity contribution < 1.29 is 9.53 Å². The number of rotatable bonds is 7. The summed E-state index contributed by atoms with van der Waals surface area (Å²) in [5.74, 6) is 1.05. The van der Waals surface area contributed by atoms with Gasteiger partial charge in [-0.1, -0.05) is 26.7 Å². The maximum atomic E-state index is 12.8. The molecule has 7 heteroatoms. The van der Waals surface area contributed by atoms with Crippen molar-refractivity contribution in [3.05, 3.63) is 0 Å². The van der Waals surface area contributed by atoms with Crippen LogP contribution in [0.5, 0.6) is 0 Å². The van der Waals surface area contributed by atoms with E-state index in [4.69, 9.17) is 4.74 Å². The van der Waals surface area contributed by atoms with Crippen molar-refractivity contribution in [3.8, 4) is 0 Å². The number of hydrogen-bond acceptors (Lipinski definition) is 4. The summed E-state index contributed by atoms with van der Waals surface area (Å²) in [5.41, 5.74) is 0. The Morgan fingerprint density at radius 3 is 2.58 bits per heavy atom. The molecule has 3 aliphatic rings. The highest BCUT2D eigenvalue weighted by Gasteiger charge is 2.41. The second kappa shape index (κ2) is 11.7. The van der Waals surface area contributed by atoms with Crippen molar-refractivity contribution in [1.82, 2.24) is 15.1 Å². The predicted molar refractivity (Wildman–Crippen MR) is 111 cm³/mol. The second-order valence-electron chi connectivity index (χ2n) is 7.70. The molecular formula is C19H37Cl2N3O2. The lowest BCUT2D eigenvalue weighted by molar-refractivity contribution is -0.132. The van der Waals surface area contributed by atoms with Crippen molar-refractivity contribution in [1.29, 1.82) is 0 Å². The van der Waals surface area contributed by atoms with E-state index in [-0.39, 0.29) is 37.0 Å². The Kier molecular flexibility index (Phi) is 10.8. The Morgan fingerprint density at radius 2 is 1.88 bits per heavy atom. The van der Waals surface area contributed by atoms with Crippen molar-refractivity contribution in [2.24, 2.45) is 5.92 Å². The molecule has 1 aliphatic carbocycles. The highest BCUT2D eigenvalue weighted by molar-refractivity contribution is 5.85. The first-order valence-corrected chi connectivity index (χ1v) is 10.1. The summed E-state index contributed by atoms with van der Waals surface area (Å²) in [6.45, 7) is 9.94. The van der Waals surface area contributed by atoms with Crippen LogP contribution in [-0.4, -0.2) is 73.2 Å². The number of ether oxygens (including phenoxy) is 1. The van der Waals surface area contributed by atoms with Crippen LogP contribution in [0.15, 0.2) is 0 Å². The van der Waals surface area contributed by atoms with E-state index in [1.807, 2.05) is 4.90 Å². The fraction of sp³-hybridized carbons (Fsp3) is 0.947. The molecule has 2 aliphatic heterocycles. The number of carbonyl (C=O) groups excluding carboxylic acids is 1. The average molecular weight is 410 g/mol. The van der Waals surface area contributed by atoms with Gasteiger partial charge in [-0.3, -0.25) is 4.79 Å². The number of likely N-dealkylation sites (N-methyl/N-ethyl adjacent to an activating group) is 1. The molecule has 0 aromatic rings. The molecule has 154 valence electrons. The number of fused-ring (bicyclic) bond motifs is 1. The first-order valence-electron chi connectivity index (χ1n) is 10.1. The van der Waals surface area contributed by atoms with Crippen molar-refractivity contribution in [2.45, 2.75) is 70.6 Å². The Labute approximate surface area is 171 Å². The molecule has 26 heavy (non-hydrogen) atoms. The maximum Gasteiger partial charge on any atom is 0.239 e. The number of halogens is 2. The Morgan fingerprint density at radius 1 is 1.15 bits per heavy atom. The number of carbonyl (C=O) groups is 1. The van der Waals surface area contributed by atoms with E-state index < -0.39 is 0 Å². The van der Waals surface area contributed by atoms with Gasteiger partial charge in [-0.2, -0.15) is 0 Å². The molecule has 2 saturated heterocycles. The predicted octanol–water partition coefficient (Wildman–Crippen LogP) is 2.71. The fourth-order valence-corrected chi connectivity index (χ4v) is 4.68. The zero-order valence-electron chi connectivity index (χ0n) is 16.3. The molecule has 2 heterocycles. The molecule has 5 nitrogen and oxygen atoms in total. The largest absolute Gasteiger partial charge is 0.375 e. The summed E-state index contributed by atoms with van der Waals surface area (Å²) < 4.78 is 6.02. The summed E-state index contributed by atoms with van der Waals surface area (Å²) in [6, 6.07) is 0.656. The number of amides is 1. The highest BCUT2D eigenvalue weighted by atomic mass is 35.5. The van der Waals surface area contributed by atoms with Gasteiger partial charge in [-0.25, -0.2) is 0 Å². The number of nitrogens with zero attached hydrogens (tertiary/aromatic N) is 2. The van der Waals surface area contributed by atoms with E-state index >= 15 is 0 Å². The van der Waals surface area contributed by atoms with Gasteiger partial charge in [0.25, 0.3) is 0 Å². The van der Waals surface area contributed by atoms with Gasteiger partial charge in [0.15, 0.2) is 0 Å². The van der Waals surface area contributed by atoms with E-state index in [1.165, 1.54) is 25.7 Å². The molecule has 0 bridgehead atoms. The van der Waals surface area contributed by atoms with Crippen LogP contribution in [-0.2, 0) is 9.53 Å². The summed E-state index contributed by atoms with van der Waals surface area (Å²) in [7, 11) is 0. The van der Waals surface area contributed by atoms with Crippen LogP contribution < -0.4 is 5.32 Å². The Bertz CT molecular complexity index is 410. The number of nitrogens with one attached hydrogen (secondary N) is 1. The molecule has 1 saturated carbocycles. The molecule has 0 aromatic carbocycles. The molecule has 1 N–H and O–H groups in total. The summed E-state index contributed by atoms with van der Waals surface area (Å²) >= 11 is 0. The van der Waals surface area contributed by atoms with Crippen molar-refractivity contribution >= 4 is 30.7 Å². The van der Waals surface area contributed by atoms with Gasteiger partial charge in [0.2, 0.25) is 5.91 Å². The smallest absolute Gasteiger partial charge is 0.239 e. The van der Waals surface area contributed by atoms with Gasteiger partial charge in [-0.05, 0) is 44.7 Å². The van der Waals surface area contributed by atoms with E-state index in [0.717, 1.165) is 58.1 Å². The van der Waals surface area contributed by atoms with E-state index in [9.17, 15) is 4.79 Å². The van der Waals surface area contributed by atoms with Gasteiger partial charge in [0, 0.05) is 25.7 Å². The summed E-state index contributed by atoms with van der Waals surface area (Å²) in [6.07, 6.45) is 7.49. The lowest BCUT2D eigenvalue weighted by Crippen LogP contribution is -2.45. The third-order valence-corrected chi connectivity index (χ3v) is 6.27. The lowest BCUT2D eigenvalue weighted by Gasteiger charge is -2.24. The Hall–Kier alpha value is -0.0700. The molecule has 3 fully saturated rings. The van der Waals surface area contributed by atoms with Crippen LogP contribution in [0.25, 0.3) is 0 Å². The molecule has 0 radical (unpaired) electrons. The monoisotopic (exact) mass is 409 g/mol. The topological polar surface area (TPSA) is 44.8 Å².